The quantitative estimate of drug-likeness (QED) is 0.811. The number of anilines is 1. The predicted molar refractivity (Wildman–Crippen MR) is 106 cm³/mol. The number of nitrogens with zero attached hydrogens (tertiary/aromatic N) is 1. The average molecular weight is 370 g/mol. The van der Waals surface area contributed by atoms with Crippen LogP contribution >= 0.6 is 0 Å². The molecule has 0 radical (unpaired) electrons. The van der Waals surface area contributed by atoms with Crippen LogP contribution in [-0.2, 0) is 4.79 Å². The number of amides is 2. The maximum absolute atomic E-state index is 12.3. The van der Waals surface area contributed by atoms with Crippen molar-refractivity contribution >= 4 is 17.5 Å². The van der Waals surface area contributed by atoms with Crippen molar-refractivity contribution in [1.29, 1.82) is 0 Å². The minimum atomic E-state index is -0.214. The molecule has 0 atom stereocenters. The molecule has 144 valence electrons. The summed E-state index contributed by atoms with van der Waals surface area (Å²) in [5.41, 5.74) is 3.00. The molecule has 0 aliphatic heterocycles. The number of benzene rings is 2. The van der Waals surface area contributed by atoms with Crippen molar-refractivity contribution in [1.82, 2.24) is 4.90 Å². The SMILES string of the molecule is COc1ccc(C(=O)N(C)C)cc1NC(=O)CCOc1c(C)cccc1C. The van der Waals surface area contributed by atoms with E-state index >= 15 is 0 Å². The van der Waals surface area contributed by atoms with Gasteiger partial charge in [0.25, 0.3) is 5.91 Å². The number of hydrogen-bond acceptors (Lipinski definition) is 4. The first-order chi connectivity index (χ1) is 12.8. The molecule has 2 aromatic rings. The summed E-state index contributed by atoms with van der Waals surface area (Å²) in [5, 5.41) is 2.80. The topological polar surface area (TPSA) is 67.9 Å². The van der Waals surface area contributed by atoms with Crippen LogP contribution in [0.25, 0.3) is 0 Å². The molecule has 1 N–H and O–H groups in total. The van der Waals surface area contributed by atoms with Crippen molar-refractivity contribution in [3.63, 3.8) is 0 Å². The first-order valence-corrected chi connectivity index (χ1v) is 8.72. The molecule has 0 saturated carbocycles. The minimum absolute atomic E-state index is 0.147. The predicted octanol–water partition coefficient (Wildman–Crippen LogP) is 3.42. The van der Waals surface area contributed by atoms with E-state index < -0.39 is 0 Å². The third-order valence-electron chi connectivity index (χ3n) is 4.11. The summed E-state index contributed by atoms with van der Waals surface area (Å²) in [5.74, 6) is 0.941. The first kappa shape index (κ1) is 20.3. The van der Waals surface area contributed by atoms with Gasteiger partial charge in [-0.25, -0.2) is 0 Å². The molecule has 0 aliphatic carbocycles. The van der Waals surface area contributed by atoms with Gasteiger partial charge in [0.05, 0.1) is 25.8 Å². The maximum atomic E-state index is 12.3. The van der Waals surface area contributed by atoms with Gasteiger partial charge in [-0.3, -0.25) is 9.59 Å². The summed E-state index contributed by atoms with van der Waals surface area (Å²) in [4.78, 5) is 25.9. The number of carbonyl (C=O) groups is 2. The van der Waals surface area contributed by atoms with Crippen LogP contribution in [0.5, 0.6) is 11.5 Å². The van der Waals surface area contributed by atoms with Gasteiger partial charge in [-0.2, -0.15) is 0 Å². The molecule has 2 rings (SSSR count). The van der Waals surface area contributed by atoms with Gasteiger partial charge < -0.3 is 19.7 Å². The van der Waals surface area contributed by atoms with Crippen LogP contribution in [-0.4, -0.2) is 44.5 Å². The van der Waals surface area contributed by atoms with Crippen LogP contribution < -0.4 is 14.8 Å². The lowest BCUT2D eigenvalue weighted by atomic mass is 10.1. The molecule has 0 fully saturated rings. The van der Waals surface area contributed by atoms with E-state index in [0.29, 0.717) is 17.0 Å². The molecule has 0 unspecified atom stereocenters. The molecule has 0 bridgehead atoms. The fourth-order valence-corrected chi connectivity index (χ4v) is 2.68. The molecule has 0 aromatic heterocycles. The molecule has 2 aromatic carbocycles. The van der Waals surface area contributed by atoms with E-state index in [-0.39, 0.29) is 24.8 Å². The van der Waals surface area contributed by atoms with E-state index in [0.717, 1.165) is 16.9 Å². The molecule has 0 spiro atoms. The van der Waals surface area contributed by atoms with Gasteiger partial charge in [-0.15, -0.1) is 0 Å². The molecule has 0 aliphatic rings. The normalized spacial score (nSPS) is 10.3. The standard InChI is InChI=1S/C21H26N2O4/c1-14-7-6-8-15(2)20(14)27-12-11-19(24)22-17-13-16(21(25)23(3)4)9-10-18(17)26-5/h6-10,13H,11-12H2,1-5H3,(H,22,24). The highest BCUT2D eigenvalue weighted by molar-refractivity contribution is 5.98. The average Bonchev–Trinajstić information content (AvgIpc) is 2.63. The van der Waals surface area contributed by atoms with Crippen LogP contribution in [0.4, 0.5) is 5.69 Å². The lowest BCUT2D eigenvalue weighted by Gasteiger charge is -2.15. The lowest BCUT2D eigenvalue weighted by Crippen LogP contribution is -2.22. The maximum Gasteiger partial charge on any atom is 0.253 e. The molecular weight excluding hydrogens is 344 g/mol. The summed E-state index contributed by atoms with van der Waals surface area (Å²) in [6.07, 6.45) is 0.183. The number of para-hydroxylation sites is 1. The fraction of sp³-hybridized carbons (Fsp3) is 0.333. The number of methoxy groups -OCH3 is 1. The number of aryl methyl sites for hydroxylation is 2. The third-order valence-corrected chi connectivity index (χ3v) is 4.11. The van der Waals surface area contributed by atoms with Crippen LogP contribution in [0.1, 0.15) is 27.9 Å². The fourth-order valence-electron chi connectivity index (χ4n) is 2.68. The molecule has 2 amide bonds. The Hall–Kier alpha value is -3.02. The lowest BCUT2D eigenvalue weighted by molar-refractivity contribution is -0.116. The van der Waals surface area contributed by atoms with Crippen molar-refractivity contribution in [2.45, 2.75) is 20.3 Å². The Balaban J connectivity index is 2.02. The van der Waals surface area contributed by atoms with Crippen molar-refractivity contribution in [3.05, 3.63) is 53.1 Å². The van der Waals surface area contributed by atoms with Gasteiger partial charge >= 0.3 is 0 Å². The second kappa shape index (κ2) is 9.07. The second-order valence-electron chi connectivity index (χ2n) is 6.48. The van der Waals surface area contributed by atoms with Crippen LogP contribution in [0.15, 0.2) is 36.4 Å². The summed E-state index contributed by atoms with van der Waals surface area (Å²) in [6.45, 7) is 4.21. The molecule has 6 heteroatoms. The van der Waals surface area contributed by atoms with Gasteiger partial charge in [-0.1, -0.05) is 18.2 Å². The van der Waals surface area contributed by atoms with Crippen LogP contribution in [0.3, 0.4) is 0 Å². The van der Waals surface area contributed by atoms with Crippen molar-refractivity contribution in [2.75, 3.05) is 33.1 Å². The van der Waals surface area contributed by atoms with Crippen LogP contribution in [0.2, 0.25) is 0 Å². The Morgan fingerprint density at radius 2 is 1.74 bits per heavy atom. The Labute approximate surface area is 160 Å². The zero-order chi connectivity index (χ0) is 20.0. The molecule has 6 nitrogen and oxygen atoms in total. The Bertz CT molecular complexity index is 811. The second-order valence-corrected chi connectivity index (χ2v) is 6.48. The summed E-state index contributed by atoms with van der Waals surface area (Å²) in [7, 11) is 4.87. The Morgan fingerprint density at radius 3 is 2.33 bits per heavy atom. The smallest absolute Gasteiger partial charge is 0.253 e. The zero-order valence-corrected chi connectivity index (χ0v) is 16.5. The summed E-state index contributed by atoms with van der Waals surface area (Å²) < 4.78 is 11.0. The number of hydrogen-bond donors (Lipinski definition) is 1. The summed E-state index contributed by atoms with van der Waals surface area (Å²) in [6, 6.07) is 10.9. The van der Waals surface area contributed by atoms with E-state index in [1.54, 1.807) is 32.3 Å². The van der Waals surface area contributed by atoms with Crippen LogP contribution in [0, 0.1) is 13.8 Å². The zero-order valence-electron chi connectivity index (χ0n) is 16.5. The largest absolute Gasteiger partial charge is 0.495 e. The van der Waals surface area contributed by atoms with Crippen molar-refractivity contribution < 1.29 is 19.1 Å². The molecule has 0 saturated heterocycles. The first-order valence-electron chi connectivity index (χ1n) is 8.72. The van der Waals surface area contributed by atoms with Gasteiger partial charge in [-0.05, 0) is 43.2 Å². The Kier molecular flexibility index (Phi) is 6.82. The highest BCUT2D eigenvalue weighted by atomic mass is 16.5. The molecule has 0 heterocycles. The van der Waals surface area contributed by atoms with Gasteiger partial charge in [0.15, 0.2) is 0 Å². The minimum Gasteiger partial charge on any atom is -0.495 e. The van der Waals surface area contributed by atoms with E-state index in [1.165, 1.54) is 12.0 Å². The summed E-state index contributed by atoms with van der Waals surface area (Å²) >= 11 is 0. The van der Waals surface area contributed by atoms with E-state index in [9.17, 15) is 9.59 Å². The molecular formula is C21H26N2O4. The van der Waals surface area contributed by atoms with Gasteiger partial charge in [0.2, 0.25) is 5.91 Å². The highest BCUT2D eigenvalue weighted by Gasteiger charge is 2.14. The van der Waals surface area contributed by atoms with Gasteiger partial charge in [0, 0.05) is 19.7 Å². The third kappa shape index (κ3) is 5.23. The Morgan fingerprint density at radius 1 is 1.07 bits per heavy atom. The van der Waals surface area contributed by atoms with Gasteiger partial charge in [0.1, 0.15) is 11.5 Å². The van der Waals surface area contributed by atoms with E-state index in [2.05, 4.69) is 5.32 Å². The number of carbonyl (C=O) groups excluding carboxylic acids is 2. The van der Waals surface area contributed by atoms with E-state index in [1.807, 2.05) is 32.0 Å². The number of rotatable bonds is 7. The molecule has 27 heavy (non-hydrogen) atoms. The van der Waals surface area contributed by atoms with Crippen molar-refractivity contribution in [3.8, 4) is 11.5 Å². The number of ether oxygens (including phenoxy) is 2. The van der Waals surface area contributed by atoms with Crippen molar-refractivity contribution in [2.24, 2.45) is 0 Å². The monoisotopic (exact) mass is 370 g/mol. The highest BCUT2D eigenvalue weighted by Crippen LogP contribution is 2.26. The number of nitrogens with one attached hydrogen (secondary N) is 1. The van der Waals surface area contributed by atoms with E-state index in [4.69, 9.17) is 9.47 Å².